The van der Waals surface area contributed by atoms with Crippen LogP contribution in [0.15, 0.2) is 16.7 Å². The van der Waals surface area contributed by atoms with E-state index in [-0.39, 0.29) is 0 Å². The van der Waals surface area contributed by atoms with Crippen molar-refractivity contribution in [1.82, 2.24) is 4.90 Å². The molecule has 4 nitrogen and oxygen atoms in total. The third kappa shape index (κ3) is 4.46. The van der Waals surface area contributed by atoms with E-state index in [1.165, 1.54) is 5.56 Å². The normalized spacial score (nSPS) is 11.2. The van der Waals surface area contributed by atoms with E-state index in [0.29, 0.717) is 13.2 Å². The molecule has 0 fully saturated rings. The Morgan fingerprint density at radius 2 is 2.27 bits per heavy atom. The smallest absolute Gasteiger partial charge is 0.105 e. The van der Waals surface area contributed by atoms with Crippen molar-refractivity contribution in [2.75, 3.05) is 33.4 Å². The van der Waals surface area contributed by atoms with Crippen LogP contribution in [0.4, 0.5) is 0 Å². The van der Waals surface area contributed by atoms with Gasteiger partial charge in [-0.15, -0.1) is 0 Å². The minimum Gasteiger partial charge on any atom is -0.469 e. The predicted octanol–water partition coefficient (Wildman–Crippen LogP) is 0.995. The fourth-order valence-corrected chi connectivity index (χ4v) is 1.35. The quantitative estimate of drug-likeness (QED) is 0.685. The van der Waals surface area contributed by atoms with Crippen molar-refractivity contribution in [3.63, 3.8) is 0 Å². The van der Waals surface area contributed by atoms with Crippen LogP contribution in [-0.4, -0.2) is 38.3 Å². The zero-order valence-corrected chi connectivity index (χ0v) is 9.53. The number of ether oxygens (including phenoxy) is 1. The lowest BCUT2D eigenvalue weighted by molar-refractivity contribution is 0.115. The molecule has 0 aliphatic rings. The van der Waals surface area contributed by atoms with Crippen LogP contribution in [-0.2, 0) is 11.3 Å². The summed E-state index contributed by atoms with van der Waals surface area (Å²) in [6.45, 7) is 5.74. The predicted molar refractivity (Wildman–Crippen MR) is 59.7 cm³/mol. The SMILES string of the molecule is Cc1occc1CN(C)CCOCCN. The van der Waals surface area contributed by atoms with E-state index in [4.69, 9.17) is 14.9 Å². The van der Waals surface area contributed by atoms with Crippen LogP contribution >= 0.6 is 0 Å². The molecular weight excluding hydrogens is 192 g/mol. The molecular formula is C11H20N2O2. The summed E-state index contributed by atoms with van der Waals surface area (Å²) in [4.78, 5) is 2.20. The van der Waals surface area contributed by atoms with E-state index in [2.05, 4.69) is 11.9 Å². The summed E-state index contributed by atoms with van der Waals surface area (Å²) in [6, 6.07) is 2.01. The lowest BCUT2D eigenvalue weighted by atomic mass is 10.2. The van der Waals surface area contributed by atoms with Gasteiger partial charge in [0.1, 0.15) is 5.76 Å². The first-order valence-corrected chi connectivity index (χ1v) is 5.23. The van der Waals surface area contributed by atoms with Crippen LogP contribution < -0.4 is 5.73 Å². The van der Waals surface area contributed by atoms with E-state index in [1.54, 1.807) is 6.26 Å². The number of aryl methyl sites for hydroxylation is 1. The molecule has 0 amide bonds. The van der Waals surface area contributed by atoms with E-state index in [1.807, 2.05) is 13.0 Å². The highest BCUT2D eigenvalue weighted by Crippen LogP contribution is 2.10. The first-order valence-electron chi connectivity index (χ1n) is 5.23. The molecule has 0 aliphatic heterocycles. The number of rotatable bonds is 7. The first kappa shape index (κ1) is 12.2. The number of hydrogen-bond donors (Lipinski definition) is 1. The Kier molecular flexibility index (Phi) is 5.39. The van der Waals surface area contributed by atoms with Gasteiger partial charge in [-0.1, -0.05) is 0 Å². The van der Waals surface area contributed by atoms with Gasteiger partial charge in [-0.25, -0.2) is 0 Å². The van der Waals surface area contributed by atoms with Gasteiger partial charge >= 0.3 is 0 Å². The van der Waals surface area contributed by atoms with Crippen LogP contribution in [0.5, 0.6) is 0 Å². The van der Waals surface area contributed by atoms with Crippen LogP contribution in [0.2, 0.25) is 0 Å². The van der Waals surface area contributed by atoms with Crippen LogP contribution in [0.1, 0.15) is 11.3 Å². The average molecular weight is 212 g/mol. The minimum atomic E-state index is 0.588. The Labute approximate surface area is 91.0 Å². The highest BCUT2D eigenvalue weighted by atomic mass is 16.5. The molecule has 0 aliphatic carbocycles. The molecule has 15 heavy (non-hydrogen) atoms. The maximum atomic E-state index is 5.32. The van der Waals surface area contributed by atoms with E-state index >= 15 is 0 Å². The van der Waals surface area contributed by atoms with Gasteiger partial charge in [0.05, 0.1) is 19.5 Å². The largest absolute Gasteiger partial charge is 0.469 e. The number of furan rings is 1. The zero-order chi connectivity index (χ0) is 11.1. The third-order valence-electron chi connectivity index (χ3n) is 2.29. The van der Waals surface area contributed by atoms with Crippen molar-refractivity contribution >= 4 is 0 Å². The molecule has 0 saturated heterocycles. The number of hydrogen-bond acceptors (Lipinski definition) is 4. The average Bonchev–Trinajstić information content (AvgIpc) is 2.59. The summed E-state index contributed by atoms with van der Waals surface area (Å²) in [5.74, 6) is 0.990. The molecule has 0 spiro atoms. The highest BCUT2D eigenvalue weighted by molar-refractivity contribution is 5.14. The fraction of sp³-hybridized carbons (Fsp3) is 0.636. The molecule has 1 aromatic heterocycles. The van der Waals surface area contributed by atoms with Gasteiger partial charge in [-0.3, -0.25) is 4.90 Å². The Hall–Kier alpha value is -0.840. The molecule has 0 bridgehead atoms. The topological polar surface area (TPSA) is 51.6 Å². The molecule has 1 heterocycles. The van der Waals surface area contributed by atoms with E-state index in [9.17, 15) is 0 Å². The van der Waals surface area contributed by atoms with Crippen molar-refractivity contribution in [2.24, 2.45) is 5.73 Å². The summed E-state index contributed by atoms with van der Waals surface area (Å²) < 4.78 is 10.5. The lowest BCUT2D eigenvalue weighted by Crippen LogP contribution is -2.24. The molecule has 86 valence electrons. The van der Waals surface area contributed by atoms with Crippen LogP contribution in [0.25, 0.3) is 0 Å². The Morgan fingerprint density at radius 3 is 2.87 bits per heavy atom. The summed E-state index contributed by atoms with van der Waals surface area (Å²) in [7, 11) is 2.07. The van der Waals surface area contributed by atoms with Gasteiger partial charge < -0.3 is 14.9 Å². The van der Waals surface area contributed by atoms with Gasteiger partial charge in [0.25, 0.3) is 0 Å². The number of nitrogens with zero attached hydrogens (tertiary/aromatic N) is 1. The Balaban J connectivity index is 2.18. The van der Waals surface area contributed by atoms with E-state index < -0.39 is 0 Å². The Bertz CT molecular complexity index is 273. The Morgan fingerprint density at radius 1 is 1.47 bits per heavy atom. The van der Waals surface area contributed by atoms with Gasteiger partial charge in [0.15, 0.2) is 0 Å². The van der Waals surface area contributed by atoms with E-state index in [0.717, 1.165) is 25.5 Å². The van der Waals surface area contributed by atoms with Crippen molar-refractivity contribution in [3.8, 4) is 0 Å². The minimum absolute atomic E-state index is 0.588. The second-order valence-corrected chi connectivity index (χ2v) is 3.64. The standard InChI is InChI=1S/C11H20N2O2/c1-10-11(3-6-15-10)9-13(2)5-8-14-7-4-12/h3,6H,4-5,7-9,12H2,1-2H3. The fourth-order valence-electron chi connectivity index (χ4n) is 1.35. The maximum absolute atomic E-state index is 5.32. The first-order chi connectivity index (χ1) is 7.24. The van der Waals surface area contributed by atoms with Gasteiger partial charge in [0.2, 0.25) is 0 Å². The lowest BCUT2D eigenvalue weighted by Gasteiger charge is -2.15. The molecule has 4 heteroatoms. The van der Waals surface area contributed by atoms with Crippen molar-refractivity contribution in [3.05, 3.63) is 23.7 Å². The number of nitrogens with two attached hydrogens (primary N) is 1. The van der Waals surface area contributed by atoms with Crippen molar-refractivity contribution < 1.29 is 9.15 Å². The summed E-state index contributed by atoms with van der Waals surface area (Å²) in [6.07, 6.45) is 1.73. The van der Waals surface area contributed by atoms with Gasteiger partial charge in [-0.05, 0) is 20.0 Å². The summed E-state index contributed by atoms with van der Waals surface area (Å²) in [5, 5.41) is 0. The van der Waals surface area contributed by atoms with Crippen LogP contribution in [0, 0.1) is 6.92 Å². The molecule has 2 N–H and O–H groups in total. The number of likely N-dealkylation sites (N-methyl/N-ethyl adjacent to an activating group) is 1. The monoisotopic (exact) mass is 212 g/mol. The molecule has 1 aromatic rings. The molecule has 1 rings (SSSR count). The summed E-state index contributed by atoms with van der Waals surface area (Å²) in [5.41, 5.74) is 6.56. The molecule has 0 aromatic carbocycles. The van der Waals surface area contributed by atoms with Gasteiger partial charge in [-0.2, -0.15) is 0 Å². The molecule has 0 saturated carbocycles. The second-order valence-electron chi connectivity index (χ2n) is 3.64. The maximum Gasteiger partial charge on any atom is 0.105 e. The molecule has 0 radical (unpaired) electrons. The second kappa shape index (κ2) is 6.61. The molecule has 0 atom stereocenters. The third-order valence-corrected chi connectivity index (χ3v) is 2.29. The van der Waals surface area contributed by atoms with Crippen molar-refractivity contribution in [2.45, 2.75) is 13.5 Å². The summed E-state index contributed by atoms with van der Waals surface area (Å²) >= 11 is 0. The van der Waals surface area contributed by atoms with Gasteiger partial charge in [0, 0.05) is 25.2 Å². The molecule has 0 unspecified atom stereocenters. The van der Waals surface area contributed by atoms with Crippen molar-refractivity contribution in [1.29, 1.82) is 0 Å². The highest BCUT2D eigenvalue weighted by Gasteiger charge is 2.04. The zero-order valence-electron chi connectivity index (χ0n) is 9.53. The van der Waals surface area contributed by atoms with Crippen LogP contribution in [0.3, 0.4) is 0 Å².